The van der Waals surface area contributed by atoms with Gasteiger partial charge in [0.05, 0.1) is 18.2 Å². The Morgan fingerprint density at radius 3 is 2.19 bits per heavy atom. The lowest BCUT2D eigenvalue weighted by Crippen LogP contribution is -2.45. The first-order chi connectivity index (χ1) is 12.6. The lowest BCUT2D eigenvalue weighted by molar-refractivity contribution is -0.123. The van der Waals surface area contributed by atoms with Crippen LogP contribution in [0.1, 0.15) is 36.3 Å². The monoisotopic (exact) mass is 348 g/mol. The third-order valence-electron chi connectivity index (χ3n) is 5.66. The second-order valence-electron chi connectivity index (χ2n) is 7.34. The van der Waals surface area contributed by atoms with E-state index >= 15 is 0 Å². The molecule has 0 bridgehead atoms. The second-order valence-corrected chi connectivity index (χ2v) is 7.34. The van der Waals surface area contributed by atoms with Crippen LogP contribution >= 0.6 is 0 Å². The summed E-state index contributed by atoms with van der Waals surface area (Å²) in [6.45, 7) is 3.73. The Hall–Kier alpha value is -2.46. The predicted molar refractivity (Wildman–Crippen MR) is 102 cm³/mol. The van der Waals surface area contributed by atoms with E-state index in [-0.39, 0.29) is 17.9 Å². The van der Waals surface area contributed by atoms with Crippen molar-refractivity contribution in [2.45, 2.75) is 38.1 Å². The van der Waals surface area contributed by atoms with Gasteiger partial charge in [-0.05, 0) is 56.5 Å². The number of likely N-dealkylation sites (tertiary alicyclic amines) is 1. The van der Waals surface area contributed by atoms with Crippen LogP contribution in [0.2, 0.25) is 0 Å². The van der Waals surface area contributed by atoms with Crippen molar-refractivity contribution >= 4 is 17.5 Å². The van der Waals surface area contributed by atoms with Crippen LogP contribution < -0.4 is 4.90 Å². The third-order valence-corrected chi connectivity index (χ3v) is 5.66. The maximum Gasteiger partial charge on any atom is 0.251 e. The Balaban J connectivity index is 1.44. The van der Waals surface area contributed by atoms with E-state index in [1.54, 1.807) is 0 Å². The SMILES string of the molecule is Cc1ccc(N2C(=O)C[C@@H](N3CCC(c4ccccc4)CC3)C2=O)cc1. The summed E-state index contributed by atoms with van der Waals surface area (Å²) in [5, 5.41) is 0. The maximum absolute atomic E-state index is 12.9. The van der Waals surface area contributed by atoms with Crippen molar-refractivity contribution in [2.75, 3.05) is 18.0 Å². The zero-order valence-corrected chi connectivity index (χ0v) is 15.1. The molecule has 2 aliphatic rings. The van der Waals surface area contributed by atoms with Gasteiger partial charge in [0, 0.05) is 0 Å². The average Bonchev–Trinajstić information content (AvgIpc) is 2.98. The highest BCUT2D eigenvalue weighted by atomic mass is 16.2. The fourth-order valence-electron chi connectivity index (χ4n) is 4.14. The molecule has 134 valence electrons. The normalized spacial score (nSPS) is 22.2. The largest absolute Gasteiger partial charge is 0.291 e. The molecule has 2 saturated heterocycles. The van der Waals surface area contributed by atoms with Crippen molar-refractivity contribution in [2.24, 2.45) is 0 Å². The zero-order chi connectivity index (χ0) is 18.1. The van der Waals surface area contributed by atoms with Crippen LogP contribution in [0.15, 0.2) is 54.6 Å². The Kier molecular flexibility index (Phi) is 4.60. The minimum atomic E-state index is -0.305. The number of benzene rings is 2. The van der Waals surface area contributed by atoms with E-state index in [0.29, 0.717) is 18.0 Å². The molecule has 2 aliphatic heterocycles. The van der Waals surface area contributed by atoms with Crippen LogP contribution in [-0.4, -0.2) is 35.8 Å². The van der Waals surface area contributed by atoms with Gasteiger partial charge in [-0.3, -0.25) is 14.5 Å². The molecule has 4 heteroatoms. The minimum Gasteiger partial charge on any atom is -0.291 e. The molecule has 2 aromatic rings. The van der Waals surface area contributed by atoms with E-state index in [1.165, 1.54) is 10.5 Å². The number of anilines is 1. The third kappa shape index (κ3) is 3.17. The van der Waals surface area contributed by atoms with Crippen molar-refractivity contribution in [3.05, 3.63) is 65.7 Å². The van der Waals surface area contributed by atoms with E-state index < -0.39 is 0 Å². The predicted octanol–water partition coefficient (Wildman–Crippen LogP) is 3.51. The highest BCUT2D eigenvalue weighted by Gasteiger charge is 2.43. The lowest BCUT2D eigenvalue weighted by atomic mass is 9.89. The van der Waals surface area contributed by atoms with Crippen molar-refractivity contribution < 1.29 is 9.59 Å². The maximum atomic E-state index is 12.9. The summed E-state index contributed by atoms with van der Waals surface area (Å²) in [6, 6.07) is 17.9. The van der Waals surface area contributed by atoms with E-state index in [2.05, 4.69) is 29.2 Å². The number of nitrogens with zero attached hydrogens (tertiary/aromatic N) is 2. The molecule has 0 spiro atoms. The highest BCUT2D eigenvalue weighted by Crippen LogP contribution is 2.32. The Morgan fingerprint density at radius 1 is 0.885 bits per heavy atom. The summed E-state index contributed by atoms with van der Waals surface area (Å²) in [7, 11) is 0. The number of amides is 2. The van der Waals surface area contributed by atoms with Gasteiger partial charge >= 0.3 is 0 Å². The van der Waals surface area contributed by atoms with Crippen molar-refractivity contribution in [3.63, 3.8) is 0 Å². The number of carbonyl (C=O) groups is 2. The van der Waals surface area contributed by atoms with Crippen LogP contribution in [0.25, 0.3) is 0 Å². The number of carbonyl (C=O) groups excluding carboxylic acids is 2. The first-order valence-corrected chi connectivity index (χ1v) is 9.36. The molecule has 0 aromatic heterocycles. The van der Waals surface area contributed by atoms with Gasteiger partial charge in [0.15, 0.2) is 0 Å². The minimum absolute atomic E-state index is 0.0722. The summed E-state index contributed by atoms with van der Waals surface area (Å²) in [6.07, 6.45) is 2.36. The Morgan fingerprint density at radius 2 is 1.54 bits per heavy atom. The lowest BCUT2D eigenvalue weighted by Gasteiger charge is -2.35. The first kappa shape index (κ1) is 17.0. The van der Waals surface area contributed by atoms with Crippen molar-refractivity contribution in [1.29, 1.82) is 0 Å². The molecule has 2 fully saturated rings. The number of imide groups is 1. The zero-order valence-electron chi connectivity index (χ0n) is 15.1. The van der Waals surface area contributed by atoms with Crippen molar-refractivity contribution in [3.8, 4) is 0 Å². The van der Waals surface area contributed by atoms with Gasteiger partial charge in [-0.15, -0.1) is 0 Å². The molecule has 4 nitrogen and oxygen atoms in total. The fourth-order valence-corrected chi connectivity index (χ4v) is 4.14. The van der Waals surface area contributed by atoms with Crippen LogP contribution in [0.5, 0.6) is 0 Å². The van der Waals surface area contributed by atoms with Crippen molar-refractivity contribution in [1.82, 2.24) is 4.90 Å². The number of piperidine rings is 1. The molecule has 0 aliphatic carbocycles. The summed E-state index contributed by atoms with van der Waals surface area (Å²) in [4.78, 5) is 29.0. The second kappa shape index (κ2) is 7.04. The molecule has 2 heterocycles. The number of hydrogen-bond acceptors (Lipinski definition) is 3. The highest BCUT2D eigenvalue weighted by molar-refractivity contribution is 6.22. The van der Waals surface area contributed by atoms with E-state index in [4.69, 9.17) is 0 Å². The molecule has 4 rings (SSSR count). The van der Waals surface area contributed by atoms with Gasteiger partial charge in [0.1, 0.15) is 0 Å². The summed E-state index contributed by atoms with van der Waals surface area (Å²) in [5.74, 6) is 0.388. The van der Waals surface area contributed by atoms with Gasteiger partial charge in [-0.25, -0.2) is 4.90 Å². The van der Waals surface area contributed by atoms with Crippen LogP contribution in [0.4, 0.5) is 5.69 Å². The molecule has 2 aromatic carbocycles. The van der Waals surface area contributed by atoms with Gasteiger partial charge in [0.25, 0.3) is 5.91 Å². The quantitative estimate of drug-likeness (QED) is 0.797. The van der Waals surface area contributed by atoms with Crippen LogP contribution in [0, 0.1) is 6.92 Å². The summed E-state index contributed by atoms with van der Waals surface area (Å²) in [5.41, 5.74) is 3.18. The van der Waals surface area contributed by atoms with E-state index in [1.807, 2.05) is 37.3 Å². The van der Waals surface area contributed by atoms with Crippen LogP contribution in [0.3, 0.4) is 0 Å². The Labute approximate surface area is 154 Å². The Bertz CT molecular complexity index is 793. The molecule has 26 heavy (non-hydrogen) atoms. The van der Waals surface area contributed by atoms with E-state index in [9.17, 15) is 9.59 Å². The smallest absolute Gasteiger partial charge is 0.251 e. The average molecular weight is 348 g/mol. The van der Waals surface area contributed by atoms with E-state index in [0.717, 1.165) is 31.5 Å². The standard InChI is InChI=1S/C22H24N2O2/c1-16-7-9-19(10-8-16)24-21(25)15-20(22(24)26)23-13-11-18(12-14-23)17-5-3-2-4-6-17/h2-10,18,20H,11-15H2,1H3/t20-/m1/s1. The molecule has 2 amide bonds. The number of aryl methyl sites for hydroxylation is 1. The molecular weight excluding hydrogens is 324 g/mol. The molecule has 0 saturated carbocycles. The van der Waals surface area contributed by atoms with Crippen LogP contribution in [-0.2, 0) is 9.59 Å². The number of hydrogen-bond donors (Lipinski definition) is 0. The van der Waals surface area contributed by atoms with Gasteiger partial charge in [0.2, 0.25) is 5.91 Å². The molecule has 0 radical (unpaired) electrons. The molecule has 0 unspecified atom stereocenters. The number of rotatable bonds is 3. The molecule has 0 N–H and O–H groups in total. The fraction of sp³-hybridized carbons (Fsp3) is 0.364. The molecular formula is C22H24N2O2. The summed E-state index contributed by atoms with van der Waals surface area (Å²) < 4.78 is 0. The first-order valence-electron chi connectivity index (χ1n) is 9.36. The van der Waals surface area contributed by atoms with Gasteiger partial charge in [-0.2, -0.15) is 0 Å². The van der Waals surface area contributed by atoms with Gasteiger partial charge in [-0.1, -0.05) is 48.0 Å². The topological polar surface area (TPSA) is 40.6 Å². The molecule has 1 atom stereocenters. The summed E-state index contributed by atoms with van der Waals surface area (Å²) >= 11 is 0. The van der Waals surface area contributed by atoms with Gasteiger partial charge < -0.3 is 0 Å².